The Labute approximate surface area is 126 Å². The summed E-state index contributed by atoms with van der Waals surface area (Å²) in [6, 6.07) is 6.03. The summed E-state index contributed by atoms with van der Waals surface area (Å²) in [6.45, 7) is 1.09. The average molecular weight is 313 g/mol. The van der Waals surface area contributed by atoms with Crippen LogP contribution >= 0.6 is 34.5 Å². The maximum absolute atomic E-state index is 6.19. The number of aromatic nitrogens is 1. The Balaban J connectivity index is 1.80. The smallest absolute Gasteiger partial charge is 0.0974 e. The van der Waals surface area contributed by atoms with Crippen LogP contribution in [0.5, 0.6) is 0 Å². The summed E-state index contributed by atoms with van der Waals surface area (Å²) in [6.07, 6.45) is 3.11. The molecule has 1 aliphatic rings. The van der Waals surface area contributed by atoms with E-state index in [1.54, 1.807) is 11.3 Å². The SMILES string of the molecule is Clc1cccc(Cl)c1Cc1nc([C@@H]2CCCN2)cs1. The van der Waals surface area contributed by atoms with Gasteiger partial charge >= 0.3 is 0 Å². The second-order valence-corrected chi connectivity index (χ2v) is 6.45. The first-order valence-electron chi connectivity index (χ1n) is 6.34. The van der Waals surface area contributed by atoms with E-state index in [9.17, 15) is 0 Å². The van der Waals surface area contributed by atoms with E-state index >= 15 is 0 Å². The first-order valence-corrected chi connectivity index (χ1v) is 7.98. The van der Waals surface area contributed by atoms with Gasteiger partial charge in [-0.3, -0.25) is 0 Å². The van der Waals surface area contributed by atoms with E-state index in [1.807, 2.05) is 18.2 Å². The van der Waals surface area contributed by atoms with Crippen molar-refractivity contribution < 1.29 is 0 Å². The zero-order valence-electron chi connectivity index (χ0n) is 10.3. The van der Waals surface area contributed by atoms with Gasteiger partial charge in [0.2, 0.25) is 0 Å². The third-order valence-electron chi connectivity index (χ3n) is 3.38. The summed E-state index contributed by atoms with van der Waals surface area (Å²) in [4.78, 5) is 4.71. The lowest BCUT2D eigenvalue weighted by atomic mass is 10.1. The first-order chi connectivity index (χ1) is 9.24. The Kier molecular flexibility index (Phi) is 4.08. The number of benzene rings is 1. The van der Waals surface area contributed by atoms with Crippen molar-refractivity contribution >= 4 is 34.5 Å². The number of thiazole rings is 1. The van der Waals surface area contributed by atoms with Gasteiger partial charge in [-0.15, -0.1) is 11.3 Å². The number of hydrogen-bond acceptors (Lipinski definition) is 3. The molecular formula is C14H14Cl2N2S. The van der Waals surface area contributed by atoms with Gasteiger partial charge in [0.1, 0.15) is 0 Å². The van der Waals surface area contributed by atoms with E-state index in [0.717, 1.165) is 22.8 Å². The molecule has 1 aromatic carbocycles. The van der Waals surface area contributed by atoms with Crippen LogP contribution < -0.4 is 5.32 Å². The second kappa shape index (κ2) is 5.80. The molecule has 5 heteroatoms. The number of nitrogens with zero attached hydrogens (tertiary/aromatic N) is 1. The van der Waals surface area contributed by atoms with Gasteiger partial charge in [-0.1, -0.05) is 29.3 Å². The summed E-state index contributed by atoms with van der Waals surface area (Å²) < 4.78 is 0. The summed E-state index contributed by atoms with van der Waals surface area (Å²) in [5.74, 6) is 0. The van der Waals surface area contributed by atoms with Crippen molar-refractivity contribution in [3.05, 3.63) is 49.9 Å². The summed E-state index contributed by atoms with van der Waals surface area (Å²) in [5.41, 5.74) is 2.12. The molecule has 2 aromatic rings. The molecule has 3 rings (SSSR count). The molecule has 0 unspecified atom stereocenters. The van der Waals surface area contributed by atoms with E-state index in [-0.39, 0.29) is 0 Å². The van der Waals surface area contributed by atoms with Crippen LogP contribution in [0.3, 0.4) is 0 Å². The van der Waals surface area contributed by atoms with E-state index in [2.05, 4.69) is 10.7 Å². The monoisotopic (exact) mass is 312 g/mol. The molecule has 1 atom stereocenters. The minimum absolute atomic E-state index is 0.423. The molecule has 0 spiro atoms. The van der Waals surface area contributed by atoms with Crippen molar-refractivity contribution in [1.29, 1.82) is 0 Å². The number of halogens is 2. The fourth-order valence-electron chi connectivity index (χ4n) is 2.36. The lowest BCUT2D eigenvalue weighted by Crippen LogP contribution is -2.13. The molecule has 0 bridgehead atoms. The number of nitrogens with one attached hydrogen (secondary N) is 1. The molecule has 100 valence electrons. The van der Waals surface area contributed by atoms with Crippen LogP contribution in [-0.2, 0) is 6.42 Å². The fourth-order valence-corrected chi connectivity index (χ4v) is 3.75. The summed E-state index contributed by atoms with van der Waals surface area (Å²) >= 11 is 14.1. The Morgan fingerprint density at radius 3 is 2.79 bits per heavy atom. The Morgan fingerprint density at radius 1 is 1.32 bits per heavy atom. The van der Waals surface area contributed by atoms with Crippen molar-refractivity contribution in [3.63, 3.8) is 0 Å². The fraction of sp³-hybridized carbons (Fsp3) is 0.357. The Hall–Kier alpha value is -0.610. The predicted octanol–water partition coefficient (Wildman–Crippen LogP) is 4.47. The zero-order chi connectivity index (χ0) is 13.2. The van der Waals surface area contributed by atoms with Gasteiger partial charge in [-0.05, 0) is 37.1 Å². The van der Waals surface area contributed by atoms with Gasteiger partial charge in [0, 0.05) is 21.8 Å². The molecule has 0 amide bonds. The molecule has 1 aliphatic heterocycles. The quantitative estimate of drug-likeness (QED) is 0.904. The van der Waals surface area contributed by atoms with Gasteiger partial charge in [0.25, 0.3) is 0 Å². The molecule has 1 N–H and O–H groups in total. The molecule has 19 heavy (non-hydrogen) atoms. The van der Waals surface area contributed by atoms with Crippen molar-refractivity contribution in [3.8, 4) is 0 Å². The molecule has 1 saturated heterocycles. The highest BCUT2D eigenvalue weighted by molar-refractivity contribution is 7.09. The predicted molar refractivity (Wildman–Crippen MR) is 81.4 cm³/mol. The lowest BCUT2D eigenvalue weighted by molar-refractivity contribution is 0.630. The summed E-state index contributed by atoms with van der Waals surface area (Å²) in [5, 5.41) is 8.10. The van der Waals surface area contributed by atoms with Gasteiger partial charge in [-0.25, -0.2) is 4.98 Å². The molecule has 0 radical (unpaired) electrons. The van der Waals surface area contributed by atoms with Crippen LogP contribution in [0, 0.1) is 0 Å². The highest BCUT2D eigenvalue weighted by Gasteiger charge is 2.19. The Bertz CT molecular complexity index is 556. The molecule has 2 nitrogen and oxygen atoms in total. The average Bonchev–Trinajstić information content (AvgIpc) is 3.04. The van der Waals surface area contributed by atoms with Crippen LogP contribution in [0.1, 0.15) is 35.1 Å². The van der Waals surface area contributed by atoms with Crippen LogP contribution in [0.2, 0.25) is 10.0 Å². The standard InChI is InChI=1S/C14H14Cl2N2S/c15-10-3-1-4-11(16)9(10)7-14-18-13(8-19-14)12-5-2-6-17-12/h1,3-4,8,12,17H,2,5-7H2/t12-/m0/s1. The molecular weight excluding hydrogens is 299 g/mol. The maximum atomic E-state index is 6.19. The highest BCUT2D eigenvalue weighted by atomic mass is 35.5. The topological polar surface area (TPSA) is 24.9 Å². The third-order valence-corrected chi connectivity index (χ3v) is 4.95. The molecule has 0 aliphatic carbocycles. The van der Waals surface area contributed by atoms with Gasteiger partial charge in [0.05, 0.1) is 16.7 Å². The highest BCUT2D eigenvalue weighted by Crippen LogP contribution is 2.30. The number of hydrogen-bond donors (Lipinski definition) is 1. The Morgan fingerprint density at radius 2 is 2.11 bits per heavy atom. The minimum atomic E-state index is 0.423. The molecule has 1 fully saturated rings. The zero-order valence-corrected chi connectivity index (χ0v) is 12.7. The normalized spacial score (nSPS) is 18.9. The van der Waals surface area contributed by atoms with Crippen LogP contribution in [0.15, 0.2) is 23.6 Å². The number of rotatable bonds is 3. The third kappa shape index (κ3) is 2.95. The minimum Gasteiger partial charge on any atom is -0.309 e. The van der Waals surface area contributed by atoms with Gasteiger partial charge < -0.3 is 5.32 Å². The van der Waals surface area contributed by atoms with E-state index in [1.165, 1.54) is 12.8 Å². The maximum Gasteiger partial charge on any atom is 0.0974 e. The summed E-state index contributed by atoms with van der Waals surface area (Å²) in [7, 11) is 0. The molecule has 0 saturated carbocycles. The van der Waals surface area contributed by atoms with Crippen molar-refractivity contribution in [1.82, 2.24) is 10.3 Å². The van der Waals surface area contributed by atoms with Crippen molar-refractivity contribution in [2.45, 2.75) is 25.3 Å². The van der Waals surface area contributed by atoms with Gasteiger partial charge in [0.15, 0.2) is 0 Å². The van der Waals surface area contributed by atoms with Crippen molar-refractivity contribution in [2.24, 2.45) is 0 Å². The first kappa shape index (κ1) is 13.4. The van der Waals surface area contributed by atoms with Crippen LogP contribution in [-0.4, -0.2) is 11.5 Å². The van der Waals surface area contributed by atoms with Crippen LogP contribution in [0.25, 0.3) is 0 Å². The van der Waals surface area contributed by atoms with Crippen molar-refractivity contribution in [2.75, 3.05) is 6.54 Å². The lowest BCUT2D eigenvalue weighted by Gasteiger charge is -2.06. The largest absolute Gasteiger partial charge is 0.309 e. The van der Waals surface area contributed by atoms with E-state index in [0.29, 0.717) is 22.5 Å². The molecule has 1 aromatic heterocycles. The van der Waals surface area contributed by atoms with E-state index in [4.69, 9.17) is 28.2 Å². The van der Waals surface area contributed by atoms with Crippen LogP contribution in [0.4, 0.5) is 0 Å². The second-order valence-electron chi connectivity index (χ2n) is 4.69. The molecule has 2 heterocycles. The van der Waals surface area contributed by atoms with Gasteiger partial charge in [-0.2, -0.15) is 0 Å². The van der Waals surface area contributed by atoms with E-state index < -0.39 is 0 Å².